The summed E-state index contributed by atoms with van der Waals surface area (Å²) in [5.41, 5.74) is 0. The summed E-state index contributed by atoms with van der Waals surface area (Å²) >= 11 is 0. The van der Waals surface area contributed by atoms with E-state index in [0.29, 0.717) is 17.2 Å². The van der Waals surface area contributed by atoms with Gasteiger partial charge in [0.15, 0.2) is 0 Å². The van der Waals surface area contributed by atoms with Crippen LogP contribution in [-0.4, -0.2) is 27.8 Å². The lowest BCUT2D eigenvalue weighted by molar-refractivity contribution is 0.384. The zero-order valence-corrected chi connectivity index (χ0v) is 8.99. The summed E-state index contributed by atoms with van der Waals surface area (Å²) in [6.45, 7) is 7.38. The molecule has 1 aliphatic heterocycles. The third kappa shape index (κ3) is 2.30. The monoisotopic (exact) mass is 189 g/mol. The molecule has 1 saturated heterocycles. The summed E-state index contributed by atoms with van der Waals surface area (Å²) in [4.78, 5) is 0. The maximum Gasteiger partial charge on any atom is 0.0445 e. The molecule has 0 amide bonds. The first-order chi connectivity index (χ1) is 5.65. The van der Waals surface area contributed by atoms with E-state index in [4.69, 9.17) is 0 Å². The van der Waals surface area contributed by atoms with Gasteiger partial charge in [0.05, 0.1) is 0 Å². The standard InChI is InChI=1S/C9H19NOS/c1-4-7(2)9-6-12(11)8(3)5-10-9/h7-10H,4-6H2,1-3H3. The molecule has 72 valence electrons. The zero-order chi connectivity index (χ0) is 9.14. The van der Waals surface area contributed by atoms with E-state index in [2.05, 4.69) is 26.1 Å². The Labute approximate surface area is 77.6 Å². The van der Waals surface area contributed by atoms with Gasteiger partial charge in [-0.3, -0.25) is 4.21 Å². The van der Waals surface area contributed by atoms with Gasteiger partial charge in [-0.25, -0.2) is 0 Å². The lowest BCUT2D eigenvalue weighted by Crippen LogP contribution is -2.49. The van der Waals surface area contributed by atoms with Crippen LogP contribution in [0.1, 0.15) is 27.2 Å². The first-order valence-corrected chi connectivity index (χ1v) is 6.14. The van der Waals surface area contributed by atoms with E-state index >= 15 is 0 Å². The molecular formula is C9H19NOS. The first kappa shape index (κ1) is 10.2. The molecule has 0 bridgehead atoms. The Morgan fingerprint density at radius 2 is 2.33 bits per heavy atom. The van der Waals surface area contributed by atoms with Crippen molar-refractivity contribution in [1.82, 2.24) is 5.32 Å². The number of hydrogen-bond acceptors (Lipinski definition) is 2. The number of hydrogen-bond donors (Lipinski definition) is 1. The first-order valence-electron chi connectivity index (χ1n) is 4.75. The average molecular weight is 189 g/mol. The van der Waals surface area contributed by atoms with Crippen molar-refractivity contribution in [1.29, 1.82) is 0 Å². The summed E-state index contributed by atoms with van der Waals surface area (Å²) < 4.78 is 11.5. The van der Waals surface area contributed by atoms with Crippen LogP contribution in [0, 0.1) is 5.92 Å². The molecule has 0 aliphatic carbocycles. The fourth-order valence-electron chi connectivity index (χ4n) is 1.46. The molecule has 0 aromatic heterocycles. The molecule has 1 N–H and O–H groups in total. The minimum Gasteiger partial charge on any atom is -0.312 e. The molecular weight excluding hydrogens is 170 g/mol. The van der Waals surface area contributed by atoms with Crippen molar-refractivity contribution in [2.24, 2.45) is 5.92 Å². The Balaban J connectivity index is 2.45. The lowest BCUT2D eigenvalue weighted by Gasteiger charge is -2.31. The highest BCUT2D eigenvalue weighted by molar-refractivity contribution is 7.85. The molecule has 0 spiro atoms. The van der Waals surface area contributed by atoms with Gasteiger partial charge in [0.25, 0.3) is 0 Å². The predicted molar refractivity (Wildman–Crippen MR) is 53.7 cm³/mol. The van der Waals surface area contributed by atoms with Gasteiger partial charge in [0, 0.05) is 34.4 Å². The van der Waals surface area contributed by atoms with Crippen LogP contribution in [-0.2, 0) is 10.8 Å². The quantitative estimate of drug-likeness (QED) is 0.706. The normalized spacial score (nSPS) is 39.4. The number of rotatable bonds is 2. The second-order valence-corrected chi connectivity index (χ2v) is 5.66. The van der Waals surface area contributed by atoms with Crippen LogP contribution < -0.4 is 5.32 Å². The summed E-state index contributed by atoms with van der Waals surface area (Å²) in [6, 6.07) is 0.479. The molecule has 0 aromatic rings. The van der Waals surface area contributed by atoms with Gasteiger partial charge in [0.2, 0.25) is 0 Å². The van der Waals surface area contributed by atoms with Crippen molar-refractivity contribution in [2.45, 2.75) is 38.5 Å². The van der Waals surface area contributed by atoms with Crippen molar-refractivity contribution in [3.63, 3.8) is 0 Å². The molecule has 1 rings (SSSR count). The van der Waals surface area contributed by atoms with Gasteiger partial charge in [-0.05, 0) is 12.8 Å². The maximum absolute atomic E-state index is 11.5. The van der Waals surface area contributed by atoms with Gasteiger partial charge in [-0.2, -0.15) is 0 Å². The fraction of sp³-hybridized carbons (Fsp3) is 1.00. The Morgan fingerprint density at radius 1 is 1.67 bits per heavy atom. The highest BCUT2D eigenvalue weighted by Gasteiger charge is 2.26. The van der Waals surface area contributed by atoms with Crippen LogP contribution in [0.3, 0.4) is 0 Å². The van der Waals surface area contributed by atoms with Crippen LogP contribution in [0.15, 0.2) is 0 Å². The Bertz CT molecular complexity index is 172. The van der Waals surface area contributed by atoms with Crippen LogP contribution in [0.2, 0.25) is 0 Å². The summed E-state index contributed by atoms with van der Waals surface area (Å²) in [7, 11) is -0.600. The molecule has 1 heterocycles. The van der Waals surface area contributed by atoms with Gasteiger partial charge in [-0.1, -0.05) is 20.3 Å². The third-order valence-corrected chi connectivity index (χ3v) is 4.54. The van der Waals surface area contributed by atoms with Crippen LogP contribution in [0.4, 0.5) is 0 Å². The molecule has 1 aliphatic rings. The van der Waals surface area contributed by atoms with Crippen molar-refractivity contribution in [3.05, 3.63) is 0 Å². The van der Waals surface area contributed by atoms with E-state index < -0.39 is 10.8 Å². The fourth-order valence-corrected chi connectivity index (χ4v) is 2.87. The van der Waals surface area contributed by atoms with Crippen molar-refractivity contribution < 1.29 is 4.21 Å². The SMILES string of the molecule is CCC(C)C1CS(=O)C(C)CN1. The van der Waals surface area contributed by atoms with E-state index in [0.717, 1.165) is 12.3 Å². The lowest BCUT2D eigenvalue weighted by atomic mass is 10.0. The molecule has 1 fully saturated rings. The molecule has 0 saturated carbocycles. The van der Waals surface area contributed by atoms with E-state index in [9.17, 15) is 4.21 Å². The van der Waals surface area contributed by atoms with Gasteiger partial charge in [-0.15, -0.1) is 0 Å². The van der Waals surface area contributed by atoms with Crippen molar-refractivity contribution in [2.75, 3.05) is 12.3 Å². The molecule has 2 nitrogen and oxygen atoms in total. The van der Waals surface area contributed by atoms with Gasteiger partial charge in [0.1, 0.15) is 0 Å². The number of nitrogens with one attached hydrogen (secondary N) is 1. The maximum atomic E-state index is 11.5. The van der Waals surface area contributed by atoms with Crippen molar-refractivity contribution in [3.8, 4) is 0 Å². The van der Waals surface area contributed by atoms with E-state index in [-0.39, 0.29) is 0 Å². The molecule has 12 heavy (non-hydrogen) atoms. The largest absolute Gasteiger partial charge is 0.312 e. The minimum absolute atomic E-state index is 0.338. The molecule has 0 aromatic carbocycles. The second kappa shape index (κ2) is 4.38. The Kier molecular flexibility index (Phi) is 3.72. The average Bonchev–Trinajstić information content (AvgIpc) is 2.08. The highest BCUT2D eigenvalue weighted by Crippen LogP contribution is 2.14. The molecule has 4 atom stereocenters. The molecule has 4 unspecified atom stereocenters. The summed E-state index contributed by atoms with van der Waals surface area (Å²) in [5, 5.41) is 3.80. The summed E-state index contributed by atoms with van der Waals surface area (Å²) in [5.74, 6) is 1.50. The van der Waals surface area contributed by atoms with Crippen molar-refractivity contribution >= 4 is 10.8 Å². The van der Waals surface area contributed by atoms with Crippen LogP contribution >= 0.6 is 0 Å². The van der Waals surface area contributed by atoms with Crippen LogP contribution in [0.25, 0.3) is 0 Å². The molecule has 3 heteroatoms. The summed E-state index contributed by atoms with van der Waals surface area (Å²) in [6.07, 6.45) is 1.17. The third-order valence-electron chi connectivity index (χ3n) is 2.79. The second-order valence-electron chi connectivity index (χ2n) is 3.76. The van der Waals surface area contributed by atoms with E-state index in [1.54, 1.807) is 0 Å². The molecule has 0 radical (unpaired) electrons. The predicted octanol–water partition coefficient (Wildman–Crippen LogP) is 1.14. The zero-order valence-electron chi connectivity index (χ0n) is 8.17. The van der Waals surface area contributed by atoms with Gasteiger partial charge >= 0.3 is 0 Å². The highest BCUT2D eigenvalue weighted by atomic mass is 32.2. The topological polar surface area (TPSA) is 29.1 Å². The smallest absolute Gasteiger partial charge is 0.0445 e. The van der Waals surface area contributed by atoms with E-state index in [1.165, 1.54) is 6.42 Å². The minimum atomic E-state index is -0.600. The van der Waals surface area contributed by atoms with E-state index in [1.807, 2.05) is 0 Å². The Hall–Kier alpha value is 0.110. The van der Waals surface area contributed by atoms with Gasteiger partial charge < -0.3 is 5.32 Å². The van der Waals surface area contributed by atoms with Crippen LogP contribution in [0.5, 0.6) is 0 Å². The Morgan fingerprint density at radius 3 is 2.83 bits per heavy atom.